The van der Waals surface area contributed by atoms with Gasteiger partial charge in [-0.25, -0.2) is 12.8 Å². The Labute approximate surface area is 179 Å². The molecule has 9 heteroatoms. The fourth-order valence-electron chi connectivity index (χ4n) is 3.49. The molecule has 3 aromatic rings. The molecule has 0 aliphatic carbocycles. The van der Waals surface area contributed by atoms with Gasteiger partial charge in [-0.1, -0.05) is 23.7 Å². The van der Waals surface area contributed by atoms with E-state index in [0.29, 0.717) is 23.7 Å². The van der Waals surface area contributed by atoms with E-state index >= 15 is 0 Å². The molecule has 30 heavy (non-hydrogen) atoms. The van der Waals surface area contributed by atoms with Crippen molar-refractivity contribution in [2.24, 2.45) is 0 Å². The van der Waals surface area contributed by atoms with Gasteiger partial charge < -0.3 is 14.1 Å². The molecule has 0 radical (unpaired) electrons. The van der Waals surface area contributed by atoms with Crippen LogP contribution in [0.1, 0.15) is 13.8 Å². The second-order valence-corrected chi connectivity index (χ2v) is 9.50. The van der Waals surface area contributed by atoms with Crippen molar-refractivity contribution in [3.05, 3.63) is 59.4 Å². The molecule has 1 fully saturated rings. The van der Waals surface area contributed by atoms with E-state index < -0.39 is 15.7 Å². The van der Waals surface area contributed by atoms with Crippen LogP contribution in [0, 0.1) is 5.82 Å². The Kier molecular flexibility index (Phi) is 5.57. The molecule has 1 aliphatic heterocycles. The van der Waals surface area contributed by atoms with Crippen molar-refractivity contribution < 1.29 is 22.0 Å². The number of nitrogens with zero attached hydrogens (tertiary/aromatic N) is 2. The summed E-state index contributed by atoms with van der Waals surface area (Å²) in [7, 11) is -4.07. The molecule has 2 atom stereocenters. The van der Waals surface area contributed by atoms with Crippen LogP contribution >= 0.6 is 11.6 Å². The Morgan fingerprint density at radius 1 is 1.07 bits per heavy atom. The molecular weight excluding hydrogens is 431 g/mol. The Balaban J connectivity index is 1.87. The van der Waals surface area contributed by atoms with Crippen LogP contribution in [0.2, 0.25) is 5.02 Å². The van der Waals surface area contributed by atoms with E-state index in [9.17, 15) is 12.8 Å². The number of halogens is 2. The summed E-state index contributed by atoms with van der Waals surface area (Å²) in [4.78, 5) is 6.06. The Hall–Kier alpha value is -2.42. The molecule has 158 valence electrons. The molecule has 0 saturated carbocycles. The van der Waals surface area contributed by atoms with Gasteiger partial charge in [0, 0.05) is 13.1 Å². The largest absolute Gasteiger partial charge is 0.419 e. The molecule has 6 nitrogen and oxygen atoms in total. The Bertz CT molecular complexity index is 1150. The molecule has 1 aromatic heterocycles. The lowest BCUT2D eigenvalue weighted by atomic mass is 10.2. The number of anilines is 1. The number of aromatic nitrogens is 1. The summed E-state index contributed by atoms with van der Waals surface area (Å²) in [6.07, 6.45) is -0.243. The molecule has 0 spiro atoms. The number of rotatable bonds is 4. The molecule has 0 N–H and O–H groups in total. The van der Waals surface area contributed by atoms with E-state index in [1.807, 2.05) is 18.7 Å². The van der Waals surface area contributed by atoms with E-state index in [-0.39, 0.29) is 33.9 Å². The van der Waals surface area contributed by atoms with Crippen LogP contribution in [0.15, 0.2) is 62.9 Å². The van der Waals surface area contributed by atoms with Gasteiger partial charge in [-0.3, -0.25) is 0 Å². The highest BCUT2D eigenvalue weighted by Crippen LogP contribution is 2.37. The quantitative estimate of drug-likeness (QED) is 0.542. The van der Waals surface area contributed by atoms with Gasteiger partial charge >= 0.3 is 0 Å². The van der Waals surface area contributed by atoms with E-state index in [1.54, 1.807) is 24.3 Å². The van der Waals surface area contributed by atoms with Gasteiger partial charge in [0.2, 0.25) is 26.6 Å². The van der Waals surface area contributed by atoms with Crippen LogP contribution in [-0.2, 0) is 14.6 Å². The summed E-state index contributed by atoms with van der Waals surface area (Å²) in [5, 5.41) is 0.157. The normalized spacial score (nSPS) is 19.8. The van der Waals surface area contributed by atoms with Gasteiger partial charge in [-0.05, 0) is 50.2 Å². The first kappa shape index (κ1) is 20.8. The molecule has 2 heterocycles. The van der Waals surface area contributed by atoms with E-state index in [4.69, 9.17) is 20.8 Å². The third-order valence-electron chi connectivity index (χ3n) is 4.77. The average Bonchev–Trinajstić information content (AvgIpc) is 3.14. The maximum Gasteiger partial charge on any atom is 0.236 e. The van der Waals surface area contributed by atoms with Crippen molar-refractivity contribution in [1.82, 2.24) is 4.98 Å². The van der Waals surface area contributed by atoms with Crippen molar-refractivity contribution >= 4 is 27.3 Å². The highest BCUT2D eigenvalue weighted by Gasteiger charge is 2.34. The van der Waals surface area contributed by atoms with Crippen molar-refractivity contribution in [3.8, 4) is 11.5 Å². The monoisotopic (exact) mass is 450 g/mol. The lowest BCUT2D eigenvalue weighted by Crippen LogP contribution is -2.45. The predicted molar refractivity (Wildman–Crippen MR) is 111 cm³/mol. The van der Waals surface area contributed by atoms with Crippen LogP contribution in [0.3, 0.4) is 0 Å². The molecule has 0 bridgehead atoms. The Morgan fingerprint density at radius 2 is 1.70 bits per heavy atom. The van der Waals surface area contributed by atoms with Crippen molar-refractivity contribution in [2.45, 2.75) is 36.0 Å². The maximum atomic E-state index is 13.4. The zero-order valence-electron chi connectivity index (χ0n) is 16.4. The first-order valence-electron chi connectivity index (χ1n) is 9.42. The molecule has 1 aliphatic rings. The van der Waals surface area contributed by atoms with Crippen LogP contribution in [-0.4, -0.2) is 38.7 Å². The number of ether oxygens (including phenoxy) is 1. The standard InChI is InChI=1S/C21H20ClFN2O4S/c1-13-11-25(12-14(2)28-13)21-20(30(26,27)16-9-7-15(23)8-10-16)24-19(29-21)17-5-3-4-6-18(17)22/h3-10,13-14H,11-12H2,1-2H3/t13-,14-/m0/s1. The highest BCUT2D eigenvalue weighted by atomic mass is 35.5. The van der Waals surface area contributed by atoms with E-state index in [0.717, 1.165) is 12.1 Å². The average molecular weight is 451 g/mol. The molecule has 4 rings (SSSR count). The molecule has 0 unspecified atom stereocenters. The summed E-state index contributed by atoms with van der Waals surface area (Å²) < 4.78 is 51.8. The third-order valence-corrected chi connectivity index (χ3v) is 6.77. The predicted octanol–water partition coefficient (Wildman–Crippen LogP) is 4.58. The minimum Gasteiger partial charge on any atom is -0.419 e. The minimum atomic E-state index is -4.07. The first-order chi connectivity index (χ1) is 14.3. The number of morpholine rings is 1. The van der Waals surface area contributed by atoms with Gasteiger partial charge in [-0.15, -0.1) is 0 Å². The Morgan fingerprint density at radius 3 is 2.33 bits per heavy atom. The van der Waals surface area contributed by atoms with Crippen LogP contribution < -0.4 is 4.90 Å². The van der Waals surface area contributed by atoms with E-state index in [1.165, 1.54) is 12.1 Å². The smallest absolute Gasteiger partial charge is 0.236 e. The lowest BCUT2D eigenvalue weighted by Gasteiger charge is -2.35. The van der Waals surface area contributed by atoms with Gasteiger partial charge in [0.1, 0.15) is 5.82 Å². The zero-order chi connectivity index (χ0) is 21.5. The van der Waals surface area contributed by atoms with Crippen molar-refractivity contribution in [3.63, 3.8) is 0 Å². The fraction of sp³-hybridized carbons (Fsp3) is 0.286. The minimum absolute atomic E-state index is 0.0708. The molecule has 2 aromatic carbocycles. The highest BCUT2D eigenvalue weighted by molar-refractivity contribution is 7.91. The zero-order valence-corrected chi connectivity index (χ0v) is 18.0. The van der Waals surface area contributed by atoms with Crippen LogP contribution in [0.4, 0.5) is 10.3 Å². The summed E-state index contributed by atoms with van der Waals surface area (Å²) in [5.74, 6) is -0.304. The number of hydrogen-bond donors (Lipinski definition) is 0. The van der Waals surface area contributed by atoms with E-state index in [2.05, 4.69) is 4.98 Å². The van der Waals surface area contributed by atoms with Gasteiger partial charge in [0.15, 0.2) is 0 Å². The third kappa shape index (κ3) is 3.95. The number of hydrogen-bond acceptors (Lipinski definition) is 6. The summed E-state index contributed by atoms with van der Waals surface area (Å²) in [6.45, 7) is 4.69. The van der Waals surface area contributed by atoms with Gasteiger partial charge in [-0.2, -0.15) is 4.98 Å². The van der Waals surface area contributed by atoms with Crippen LogP contribution in [0.25, 0.3) is 11.5 Å². The van der Waals surface area contributed by atoms with Gasteiger partial charge in [0.25, 0.3) is 0 Å². The summed E-state index contributed by atoms with van der Waals surface area (Å²) >= 11 is 6.28. The van der Waals surface area contributed by atoms with Gasteiger partial charge in [0.05, 0.1) is 27.7 Å². The second kappa shape index (κ2) is 8.02. The fourth-order valence-corrected chi connectivity index (χ4v) is 5.03. The lowest BCUT2D eigenvalue weighted by molar-refractivity contribution is -0.00657. The van der Waals surface area contributed by atoms with Crippen molar-refractivity contribution in [2.75, 3.05) is 18.0 Å². The topological polar surface area (TPSA) is 72.6 Å². The molecular formula is C21H20ClFN2O4S. The number of oxazole rings is 1. The first-order valence-corrected chi connectivity index (χ1v) is 11.3. The second-order valence-electron chi connectivity index (χ2n) is 7.23. The number of benzene rings is 2. The van der Waals surface area contributed by atoms with Crippen molar-refractivity contribution in [1.29, 1.82) is 0 Å². The summed E-state index contributed by atoms with van der Waals surface area (Å²) in [6, 6.07) is 11.5. The number of sulfone groups is 1. The SMILES string of the molecule is C[C@H]1CN(c2oc(-c3ccccc3Cl)nc2S(=O)(=O)c2ccc(F)cc2)C[C@H](C)O1. The summed E-state index contributed by atoms with van der Waals surface area (Å²) in [5.41, 5.74) is 0.482. The molecule has 1 saturated heterocycles. The molecule has 0 amide bonds. The van der Waals surface area contributed by atoms with Crippen LogP contribution in [0.5, 0.6) is 0 Å². The maximum absolute atomic E-state index is 13.4.